The van der Waals surface area contributed by atoms with E-state index in [9.17, 15) is 4.79 Å². The van der Waals surface area contributed by atoms with Gasteiger partial charge in [0.2, 0.25) is 0 Å². The van der Waals surface area contributed by atoms with Gasteiger partial charge in [-0.1, -0.05) is 30.8 Å². The highest BCUT2D eigenvalue weighted by Gasteiger charge is 2.42. The van der Waals surface area contributed by atoms with Gasteiger partial charge in [0.1, 0.15) is 11.5 Å². The van der Waals surface area contributed by atoms with Gasteiger partial charge >= 0.3 is 5.97 Å². The zero-order valence-electron chi connectivity index (χ0n) is 15.8. The van der Waals surface area contributed by atoms with Crippen molar-refractivity contribution in [3.63, 3.8) is 0 Å². The van der Waals surface area contributed by atoms with Gasteiger partial charge in [0.15, 0.2) is 0 Å². The van der Waals surface area contributed by atoms with Gasteiger partial charge in [0.25, 0.3) is 0 Å². The summed E-state index contributed by atoms with van der Waals surface area (Å²) in [6.07, 6.45) is 6.31. The van der Waals surface area contributed by atoms with Crippen molar-refractivity contribution in [2.75, 3.05) is 7.11 Å². The topological polar surface area (TPSA) is 35.5 Å². The Kier molecular flexibility index (Phi) is 5.02. The Hall–Kier alpha value is -2.55. The van der Waals surface area contributed by atoms with E-state index in [4.69, 9.17) is 9.47 Å². The second kappa shape index (κ2) is 7.59. The van der Waals surface area contributed by atoms with Crippen LogP contribution in [0.4, 0.5) is 0 Å². The molecule has 2 unspecified atom stereocenters. The van der Waals surface area contributed by atoms with Crippen LogP contribution in [-0.2, 0) is 4.79 Å². The van der Waals surface area contributed by atoms with Gasteiger partial charge in [-0.15, -0.1) is 0 Å². The van der Waals surface area contributed by atoms with E-state index in [0.717, 1.165) is 17.6 Å². The van der Waals surface area contributed by atoms with Crippen molar-refractivity contribution in [3.05, 3.63) is 72.3 Å². The van der Waals surface area contributed by atoms with Crippen LogP contribution in [0.1, 0.15) is 48.6 Å². The molecule has 2 aliphatic carbocycles. The normalized spacial score (nSPS) is 26.4. The molecular formula is C24H26O3. The second-order valence-corrected chi connectivity index (χ2v) is 7.82. The lowest BCUT2D eigenvalue weighted by molar-refractivity contribution is -0.128. The van der Waals surface area contributed by atoms with Crippen molar-refractivity contribution in [3.8, 4) is 11.5 Å². The first-order valence-corrected chi connectivity index (χ1v) is 9.74. The second-order valence-electron chi connectivity index (χ2n) is 7.82. The standard InChI is InChI=1S/C24H26O3/c1-3-24(25)27-23-10-6-17(7-11-23)19-14-20-12-18(13-21(20)15-19)16-4-8-22(26-2)9-5-16/h3-11,18-21H,1,12-15H2,2H3. The summed E-state index contributed by atoms with van der Waals surface area (Å²) in [4.78, 5) is 11.3. The molecule has 2 aromatic carbocycles. The maximum Gasteiger partial charge on any atom is 0.335 e. The SMILES string of the molecule is C=CC(=O)Oc1ccc(C2CC3CC(c4ccc(OC)cc4)CC3C2)cc1. The molecule has 0 spiro atoms. The first-order chi connectivity index (χ1) is 13.2. The van der Waals surface area contributed by atoms with Crippen LogP contribution in [0.5, 0.6) is 11.5 Å². The van der Waals surface area contributed by atoms with Gasteiger partial charge in [0.05, 0.1) is 7.11 Å². The maximum atomic E-state index is 11.3. The first-order valence-electron chi connectivity index (χ1n) is 9.74. The molecule has 0 radical (unpaired) electrons. The van der Waals surface area contributed by atoms with Crippen LogP contribution in [0.3, 0.4) is 0 Å². The van der Waals surface area contributed by atoms with Crippen LogP contribution in [0.2, 0.25) is 0 Å². The van der Waals surface area contributed by atoms with Gasteiger partial charge in [-0.2, -0.15) is 0 Å². The molecule has 3 nitrogen and oxygen atoms in total. The zero-order valence-corrected chi connectivity index (χ0v) is 15.8. The zero-order chi connectivity index (χ0) is 18.8. The van der Waals surface area contributed by atoms with E-state index < -0.39 is 5.97 Å². The van der Waals surface area contributed by atoms with Gasteiger partial charge < -0.3 is 9.47 Å². The summed E-state index contributed by atoms with van der Waals surface area (Å²) in [7, 11) is 1.71. The highest BCUT2D eigenvalue weighted by molar-refractivity contribution is 5.83. The van der Waals surface area contributed by atoms with E-state index in [2.05, 4.69) is 43.0 Å². The minimum absolute atomic E-state index is 0.414. The minimum Gasteiger partial charge on any atom is -0.497 e. The average molecular weight is 362 g/mol. The first kappa shape index (κ1) is 17.8. The van der Waals surface area contributed by atoms with Gasteiger partial charge in [0, 0.05) is 6.08 Å². The summed E-state index contributed by atoms with van der Waals surface area (Å²) < 4.78 is 10.4. The molecule has 0 N–H and O–H groups in total. The smallest absolute Gasteiger partial charge is 0.335 e. The van der Waals surface area contributed by atoms with E-state index >= 15 is 0 Å². The number of hydrogen-bond donors (Lipinski definition) is 0. The molecule has 0 aliphatic heterocycles. The Morgan fingerprint density at radius 2 is 1.30 bits per heavy atom. The van der Waals surface area contributed by atoms with Crippen LogP contribution >= 0.6 is 0 Å². The summed E-state index contributed by atoms with van der Waals surface area (Å²) in [5.41, 5.74) is 2.82. The summed E-state index contributed by atoms with van der Waals surface area (Å²) in [5.74, 6) is 4.05. The number of methoxy groups -OCH3 is 1. The summed E-state index contributed by atoms with van der Waals surface area (Å²) in [5, 5.41) is 0. The number of carbonyl (C=O) groups excluding carboxylic acids is 1. The number of carbonyl (C=O) groups is 1. The number of esters is 1. The minimum atomic E-state index is -0.414. The molecule has 0 saturated heterocycles. The Labute approximate surface area is 161 Å². The molecule has 3 heteroatoms. The third kappa shape index (κ3) is 3.78. The molecule has 4 rings (SSSR count). The molecule has 2 atom stereocenters. The van der Waals surface area contributed by atoms with Crippen molar-refractivity contribution in [1.82, 2.24) is 0 Å². The number of hydrogen-bond acceptors (Lipinski definition) is 3. The van der Waals surface area contributed by atoms with E-state index in [0.29, 0.717) is 17.6 Å². The van der Waals surface area contributed by atoms with E-state index in [1.54, 1.807) is 7.11 Å². The summed E-state index contributed by atoms with van der Waals surface area (Å²) in [6.45, 7) is 3.43. The fraction of sp³-hybridized carbons (Fsp3) is 0.375. The molecular weight excluding hydrogens is 336 g/mol. The Bertz CT molecular complexity index is 793. The van der Waals surface area contributed by atoms with E-state index in [1.165, 1.54) is 42.9 Å². The third-order valence-corrected chi connectivity index (χ3v) is 6.34. The molecule has 2 aliphatic rings. The molecule has 27 heavy (non-hydrogen) atoms. The molecule has 0 bridgehead atoms. The quantitative estimate of drug-likeness (QED) is 0.402. The summed E-state index contributed by atoms with van der Waals surface area (Å²) in [6, 6.07) is 16.6. The lowest BCUT2D eigenvalue weighted by Crippen LogP contribution is -2.03. The van der Waals surface area contributed by atoms with Gasteiger partial charge in [-0.25, -0.2) is 4.79 Å². The number of fused-ring (bicyclic) bond motifs is 1. The highest BCUT2D eigenvalue weighted by Crippen LogP contribution is 2.55. The Morgan fingerprint density at radius 1 is 0.852 bits per heavy atom. The van der Waals surface area contributed by atoms with Crippen molar-refractivity contribution in [1.29, 1.82) is 0 Å². The van der Waals surface area contributed by atoms with Crippen LogP contribution < -0.4 is 9.47 Å². The average Bonchev–Trinajstić information content (AvgIpc) is 3.28. The number of rotatable bonds is 5. The molecule has 2 saturated carbocycles. The highest BCUT2D eigenvalue weighted by atomic mass is 16.5. The lowest BCUT2D eigenvalue weighted by atomic mass is 9.89. The number of ether oxygens (including phenoxy) is 2. The molecule has 2 aromatic rings. The molecule has 140 valence electrons. The van der Waals surface area contributed by atoms with Crippen LogP contribution in [0.15, 0.2) is 61.2 Å². The van der Waals surface area contributed by atoms with Crippen molar-refractivity contribution in [2.45, 2.75) is 37.5 Å². The largest absolute Gasteiger partial charge is 0.497 e. The maximum absolute atomic E-state index is 11.3. The lowest BCUT2D eigenvalue weighted by Gasteiger charge is -2.16. The van der Waals surface area contributed by atoms with Crippen molar-refractivity contribution >= 4 is 5.97 Å². The third-order valence-electron chi connectivity index (χ3n) is 6.34. The fourth-order valence-corrected chi connectivity index (χ4v) is 5.00. The van der Waals surface area contributed by atoms with Gasteiger partial charge in [-0.3, -0.25) is 0 Å². The monoisotopic (exact) mass is 362 g/mol. The molecule has 2 fully saturated rings. The number of benzene rings is 2. The van der Waals surface area contributed by atoms with Gasteiger partial charge in [-0.05, 0) is 84.7 Å². The Balaban J connectivity index is 1.36. The predicted octanol–water partition coefficient (Wildman–Crippen LogP) is 5.47. The molecule has 0 heterocycles. The van der Waals surface area contributed by atoms with Crippen LogP contribution in [0.25, 0.3) is 0 Å². The van der Waals surface area contributed by atoms with E-state index in [1.807, 2.05) is 12.1 Å². The van der Waals surface area contributed by atoms with E-state index in [-0.39, 0.29) is 0 Å². The van der Waals surface area contributed by atoms with Crippen LogP contribution in [0, 0.1) is 11.8 Å². The van der Waals surface area contributed by atoms with Crippen molar-refractivity contribution < 1.29 is 14.3 Å². The summed E-state index contributed by atoms with van der Waals surface area (Å²) >= 11 is 0. The molecule has 0 aromatic heterocycles. The van der Waals surface area contributed by atoms with Crippen LogP contribution in [-0.4, -0.2) is 13.1 Å². The Morgan fingerprint density at radius 3 is 1.70 bits per heavy atom. The predicted molar refractivity (Wildman–Crippen MR) is 106 cm³/mol. The fourth-order valence-electron chi connectivity index (χ4n) is 5.00. The van der Waals surface area contributed by atoms with Crippen molar-refractivity contribution in [2.24, 2.45) is 11.8 Å². The molecule has 0 amide bonds.